The van der Waals surface area contributed by atoms with E-state index in [0.29, 0.717) is 17.6 Å². The highest BCUT2D eigenvalue weighted by Gasteiger charge is 2.17. The van der Waals surface area contributed by atoms with E-state index in [1.807, 2.05) is 11.8 Å². The van der Waals surface area contributed by atoms with Gasteiger partial charge in [0.2, 0.25) is 5.89 Å². The van der Waals surface area contributed by atoms with Gasteiger partial charge in [-0.2, -0.15) is 16.7 Å². The van der Waals surface area contributed by atoms with Crippen molar-refractivity contribution in [3.8, 4) is 0 Å². The van der Waals surface area contributed by atoms with Gasteiger partial charge in [-0.25, -0.2) is 0 Å². The van der Waals surface area contributed by atoms with Crippen molar-refractivity contribution < 1.29 is 9.26 Å². The maximum atomic E-state index is 5.59. The molecule has 1 aliphatic rings. The number of ether oxygens (including phenoxy) is 1. The minimum Gasteiger partial charge on any atom is -0.375 e. The zero-order valence-electron chi connectivity index (χ0n) is 10.3. The van der Waals surface area contributed by atoms with E-state index in [4.69, 9.17) is 9.26 Å². The van der Waals surface area contributed by atoms with Crippen LogP contribution in [0.1, 0.15) is 25.6 Å². The Balaban J connectivity index is 1.80. The third-order valence-electron chi connectivity index (χ3n) is 2.46. The van der Waals surface area contributed by atoms with Gasteiger partial charge in [-0.3, -0.25) is 0 Å². The molecule has 1 fully saturated rings. The molecule has 1 unspecified atom stereocenters. The molecule has 2 heterocycles. The summed E-state index contributed by atoms with van der Waals surface area (Å²) >= 11 is 1.82. The lowest BCUT2D eigenvalue weighted by molar-refractivity contribution is 0.0246. The molecule has 5 nitrogen and oxygen atoms in total. The van der Waals surface area contributed by atoms with E-state index in [1.54, 1.807) is 0 Å². The zero-order valence-corrected chi connectivity index (χ0v) is 11.1. The monoisotopic (exact) mass is 257 g/mol. The fraction of sp³-hybridized carbons (Fsp3) is 0.818. The summed E-state index contributed by atoms with van der Waals surface area (Å²) < 4.78 is 10.8. The average molecular weight is 257 g/mol. The van der Waals surface area contributed by atoms with Gasteiger partial charge in [0.15, 0.2) is 5.82 Å². The zero-order chi connectivity index (χ0) is 12.1. The fourth-order valence-corrected chi connectivity index (χ4v) is 2.22. The molecular formula is C11H19N3O2S. The average Bonchev–Trinajstić information content (AvgIpc) is 2.75. The quantitative estimate of drug-likeness (QED) is 0.856. The number of aromatic nitrogens is 2. The predicted molar refractivity (Wildman–Crippen MR) is 67.0 cm³/mol. The molecule has 17 heavy (non-hydrogen) atoms. The van der Waals surface area contributed by atoms with Crippen molar-refractivity contribution in [2.75, 3.05) is 19.7 Å². The molecule has 1 N–H and O–H groups in total. The summed E-state index contributed by atoms with van der Waals surface area (Å²) in [6.07, 6.45) is 0.863. The third kappa shape index (κ3) is 4.29. The van der Waals surface area contributed by atoms with Gasteiger partial charge >= 0.3 is 0 Å². The SMILES string of the molecule is CC(C)SCc1noc(CC2CNCCO2)n1. The lowest BCUT2D eigenvalue weighted by Gasteiger charge is -2.21. The molecule has 0 aromatic carbocycles. The van der Waals surface area contributed by atoms with Crippen LogP contribution in [0.4, 0.5) is 0 Å². The Morgan fingerprint density at radius 3 is 3.12 bits per heavy atom. The van der Waals surface area contributed by atoms with Gasteiger partial charge in [0.1, 0.15) is 0 Å². The van der Waals surface area contributed by atoms with Crippen LogP contribution in [0, 0.1) is 0 Å². The van der Waals surface area contributed by atoms with Gasteiger partial charge in [-0.15, -0.1) is 0 Å². The van der Waals surface area contributed by atoms with Gasteiger partial charge < -0.3 is 14.6 Å². The summed E-state index contributed by atoms with van der Waals surface area (Å²) in [6.45, 7) is 6.87. The molecular weight excluding hydrogens is 238 g/mol. The van der Waals surface area contributed by atoms with Gasteiger partial charge in [0.05, 0.1) is 24.9 Å². The van der Waals surface area contributed by atoms with E-state index in [0.717, 1.165) is 31.3 Å². The van der Waals surface area contributed by atoms with Crippen molar-refractivity contribution in [2.24, 2.45) is 0 Å². The number of morpholine rings is 1. The summed E-state index contributed by atoms with van der Waals surface area (Å²) in [4.78, 5) is 4.37. The highest BCUT2D eigenvalue weighted by molar-refractivity contribution is 7.99. The van der Waals surface area contributed by atoms with Crippen molar-refractivity contribution in [3.05, 3.63) is 11.7 Å². The second kappa shape index (κ2) is 6.37. The minimum atomic E-state index is 0.162. The van der Waals surface area contributed by atoms with Gasteiger partial charge in [-0.05, 0) is 5.25 Å². The van der Waals surface area contributed by atoms with Crippen molar-refractivity contribution in [3.63, 3.8) is 0 Å². The first kappa shape index (κ1) is 12.9. The van der Waals surface area contributed by atoms with Crippen LogP contribution in [0.3, 0.4) is 0 Å². The first-order chi connectivity index (χ1) is 8.24. The van der Waals surface area contributed by atoms with E-state index >= 15 is 0 Å². The summed E-state index contributed by atoms with van der Waals surface area (Å²) in [5.41, 5.74) is 0. The number of hydrogen-bond acceptors (Lipinski definition) is 6. The van der Waals surface area contributed by atoms with Crippen molar-refractivity contribution in [1.82, 2.24) is 15.5 Å². The van der Waals surface area contributed by atoms with E-state index in [1.165, 1.54) is 0 Å². The number of nitrogens with one attached hydrogen (secondary N) is 1. The summed E-state index contributed by atoms with van der Waals surface area (Å²) in [5, 5.41) is 7.84. The molecule has 1 aromatic heterocycles. The summed E-state index contributed by atoms with van der Waals surface area (Å²) in [5.74, 6) is 2.27. The van der Waals surface area contributed by atoms with Crippen LogP contribution in [-0.2, 0) is 16.9 Å². The Kier molecular flexibility index (Phi) is 4.82. The molecule has 0 bridgehead atoms. The molecule has 1 atom stereocenters. The van der Waals surface area contributed by atoms with Crippen LogP contribution in [0.25, 0.3) is 0 Å². The molecule has 0 spiro atoms. The number of nitrogens with zero attached hydrogens (tertiary/aromatic N) is 2. The van der Waals surface area contributed by atoms with Crippen LogP contribution < -0.4 is 5.32 Å². The Hall–Kier alpha value is -0.590. The topological polar surface area (TPSA) is 60.2 Å². The first-order valence-electron chi connectivity index (χ1n) is 5.99. The maximum absolute atomic E-state index is 5.59. The standard InChI is InChI=1S/C11H19N3O2S/c1-8(2)17-7-10-13-11(16-14-10)5-9-6-12-3-4-15-9/h8-9,12H,3-7H2,1-2H3. The van der Waals surface area contributed by atoms with E-state index in [-0.39, 0.29) is 6.10 Å². The van der Waals surface area contributed by atoms with Crippen LogP contribution in [0.5, 0.6) is 0 Å². The maximum Gasteiger partial charge on any atom is 0.229 e. The number of thioether (sulfide) groups is 1. The van der Waals surface area contributed by atoms with Crippen molar-refractivity contribution >= 4 is 11.8 Å². The first-order valence-corrected chi connectivity index (χ1v) is 7.04. The molecule has 2 rings (SSSR count). The molecule has 0 amide bonds. The molecule has 0 radical (unpaired) electrons. The largest absolute Gasteiger partial charge is 0.375 e. The van der Waals surface area contributed by atoms with E-state index < -0.39 is 0 Å². The third-order valence-corrected chi connectivity index (χ3v) is 3.55. The van der Waals surface area contributed by atoms with Crippen LogP contribution in [-0.4, -0.2) is 41.2 Å². The van der Waals surface area contributed by atoms with Gasteiger partial charge in [-0.1, -0.05) is 19.0 Å². The molecule has 1 saturated heterocycles. The van der Waals surface area contributed by atoms with E-state index in [9.17, 15) is 0 Å². The van der Waals surface area contributed by atoms with Crippen molar-refractivity contribution in [2.45, 2.75) is 37.4 Å². The Labute approximate surface area is 106 Å². The summed E-state index contributed by atoms with van der Waals surface area (Å²) in [7, 11) is 0. The number of hydrogen-bond donors (Lipinski definition) is 1. The lowest BCUT2D eigenvalue weighted by Crippen LogP contribution is -2.39. The normalized spacial score (nSPS) is 21.0. The lowest BCUT2D eigenvalue weighted by atomic mass is 10.2. The summed E-state index contributed by atoms with van der Waals surface area (Å²) in [6, 6.07) is 0. The fourth-order valence-electron chi connectivity index (χ4n) is 1.62. The Morgan fingerprint density at radius 1 is 1.53 bits per heavy atom. The van der Waals surface area contributed by atoms with Gasteiger partial charge in [0, 0.05) is 13.1 Å². The smallest absolute Gasteiger partial charge is 0.229 e. The Morgan fingerprint density at radius 2 is 2.41 bits per heavy atom. The second-order valence-corrected chi connectivity index (χ2v) is 5.93. The predicted octanol–water partition coefficient (Wildman–Crippen LogP) is 1.24. The Bertz CT molecular complexity index is 337. The molecule has 1 aliphatic heterocycles. The van der Waals surface area contributed by atoms with E-state index in [2.05, 4.69) is 29.3 Å². The second-order valence-electron chi connectivity index (χ2n) is 4.37. The van der Waals surface area contributed by atoms with Crippen LogP contribution in [0.15, 0.2) is 4.52 Å². The highest BCUT2D eigenvalue weighted by atomic mass is 32.2. The molecule has 0 aliphatic carbocycles. The van der Waals surface area contributed by atoms with Crippen molar-refractivity contribution in [1.29, 1.82) is 0 Å². The molecule has 1 aromatic rings. The molecule has 96 valence electrons. The number of rotatable bonds is 5. The highest BCUT2D eigenvalue weighted by Crippen LogP contribution is 2.15. The molecule has 0 saturated carbocycles. The molecule has 6 heteroatoms. The van der Waals surface area contributed by atoms with Crippen LogP contribution in [0.2, 0.25) is 0 Å². The van der Waals surface area contributed by atoms with Gasteiger partial charge in [0.25, 0.3) is 0 Å². The minimum absolute atomic E-state index is 0.162. The van der Waals surface area contributed by atoms with Crippen LogP contribution >= 0.6 is 11.8 Å².